The van der Waals surface area contributed by atoms with Gasteiger partial charge in [0.1, 0.15) is 11.4 Å². The summed E-state index contributed by atoms with van der Waals surface area (Å²) in [4.78, 5) is 24.8. The van der Waals surface area contributed by atoms with Crippen molar-refractivity contribution in [2.75, 3.05) is 7.11 Å². The second kappa shape index (κ2) is 8.68. The molecule has 2 aromatic rings. The number of methoxy groups -OCH3 is 1. The lowest BCUT2D eigenvalue weighted by molar-refractivity contribution is -0.118. The van der Waals surface area contributed by atoms with E-state index >= 15 is 0 Å². The van der Waals surface area contributed by atoms with Crippen molar-refractivity contribution in [2.24, 2.45) is 0 Å². The molecular formula is C20H22N2O3. The minimum atomic E-state index is -0.338. The molecule has 0 heterocycles. The monoisotopic (exact) mass is 338 g/mol. The van der Waals surface area contributed by atoms with Gasteiger partial charge < -0.3 is 15.4 Å². The summed E-state index contributed by atoms with van der Waals surface area (Å²) in [5, 5.41) is 5.49. The smallest absolute Gasteiger partial charge is 0.268 e. The van der Waals surface area contributed by atoms with Crippen molar-refractivity contribution in [2.45, 2.75) is 19.9 Å². The third kappa shape index (κ3) is 5.49. The highest BCUT2D eigenvalue weighted by Gasteiger charge is 2.15. The molecule has 130 valence electrons. The fourth-order valence-electron chi connectivity index (χ4n) is 2.15. The third-order valence-corrected chi connectivity index (χ3v) is 3.38. The van der Waals surface area contributed by atoms with Crippen LogP contribution in [-0.4, -0.2) is 25.0 Å². The molecule has 5 heteroatoms. The van der Waals surface area contributed by atoms with Gasteiger partial charge in [-0.1, -0.05) is 30.3 Å². The highest BCUT2D eigenvalue weighted by atomic mass is 16.5. The van der Waals surface area contributed by atoms with E-state index in [1.54, 1.807) is 49.6 Å². The molecule has 0 atom stereocenters. The van der Waals surface area contributed by atoms with Gasteiger partial charge in [0.25, 0.3) is 11.8 Å². The van der Waals surface area contributed by atoms with Crippen LogP contribution >= 0.6 is 0 Å². The minimum absolute atomic E-state index is 0.0413. The van der Waals surface area contributed by atoms with Crippen molar-refractivity contribution in [3.05, 3.63) is 71.4 Å². The molecule has 0 aliphatic heterocycles. The van der Waals surface area contributed by atoms with E-state index in [2.05, 4.69) is 10.6 Å². The molecule has 0 saturated heterocycles. The first-order valence-electron chi connectivity index (χ1n) is 8.02. The first kappa shape index (κ1) is 18.3. The summed E-state index contributed by atoms with van der Waals surface area (Å²) < 4.78 is 5.13. The second-order valence-corrected chi connectivity index (χ2v) is 5.78. The van der Waals surface area contributed by atoms with Crippen molar-refractivity contribution in [3.8, 4) is 5.75 Å². The molecule has 0 bridgehead atoms. The molecule has 5 nitrogen and oxygen atoms in total. The van der Waals surface area contributed by atoms with Gasteiger partial charge in [0.05, 0.1) is 7.11 Å². The topological polar surface area (TPSA) is 67.4 Å². The highest BCUT2D eigenvalue weighted by molar-refractivity contribution is 6.05. The van der Waals surface area contributed by atoms with Gasteiger partial charge in [-0.05, 0) is 49.8 Å². The Morgan fingerprint density at radius 1 is 1.00 bits per heavy atom. The Hall–Kier alpha value is -3.08. The van der Waals surface area contributed by atoms with E-state index in [9.17, 15) is 9.59 Å². The van der Waals surface area contributed by atoms with E-state index in [-0.39, 0.29) is 23.6 Å². The molecule has 25 heavy (non-hydrogen) atoms. The third-order valence-electron chi connectivity index (χ3n) is 3.38. The fourth-order valence-corrected chi connectivity index (χ4v) is 2.15. The maximum atomic E-state index is 12.4. The van der Waals surface area contributed by atoms with E-state index in [1.807, 2.05) is 32.0 Å². The van der Waals surface area contributed by atoms with Gasteiger partial charge in [0, 0.05) is 11.6 Å². The quantitative estimate of drug-likeness (QED) is 0.796. The van der Waals surface area contributed by atoms with Gasteiger partial charge in [-0.3, -0.25) is 9.59 Å². The molecule has 2 amide bonds. The maximum Gasteiger partial charge on any atom is 0.268 e. The van der Waals surface area contributed by atoms with Crippen LogP contribution in [0.25, 0.3) is 6.08 Å². The van der Waals surface area contributed by atoms with Crippen LogP contribution in [0.1, 0.15) is 29.8 Å². The lowest BCUT2D eigenvalue weighted by atomic mass is 10.1. The van der Waals surface area contributed by atoms with Crippen molar-refractivity contribution in [3.63, 3.8) is 0 Å². The number of hydrogen-bond acceptors (Lipinski definition) is 3. The van der Waals surface area contributed by atoms with E-state index in [0.29, 0.717) is 5.56 Å². The van der Waals surface area contributed by atoms with Gasteiger partial charge in [-0.25, -0.2) is 0 Å². The lowest BCUT2D eigenvalue weighted by Gasteiger charge is -2.13. The Kier molecular flexibility index (Phi) is 6.34. The van der Waals surface area contributed by atoms with Crippen molar-refractivity contribution in [1.29, 1.82) is 0 Å². The molecular weight excluding hydrogens is 316 g/mol. The average Bonchev–Trinajstić information content (AvgIpc) is 2.62. The highest BCUT2D eigenvalue weighted by Crippen LogP contribution is 2.14. The number of amides is 2. The summed E-state index contributed by atoms with van der Waals surface area (Å²) in [5.74, 6) is 0.0491. The summed E-state index contributed by atoms with van der Waals surface area (Å²) in [6.07, 6.45) is 1.64. The zero-order valence-electron chi connectivity index (χ0n) is 14.6. The van der Waals surface area contributed by atoms with Crippen LogP contribution in [0.4, 0.5) is 0 Å². The maximum absolute atomic E-state index is 12.4. The van der Waals surface area contributed by atoms with Crippen molar-refractivity contribution < 1.29 is 14.3 Å². The Morgan fingerprint density at radius 2 is 1.64 bits per heavy atom. The molecule has 2 N–H and O–H groups in total. The molecule has 0 spiro atoms. The molecule has 0 saturated carbocycles. The van der Waals surface area contributed by atoms with Gasteiger partial charge in [-0.15, -0.1) is 0 Å². The van der Waals surface area contributed by atoms with Gasteiger partial charge in [0.2, 0.25) is 0 Å². The Morgan fingerprint density at radius 3 is 2.20 bits per heavy atom. The van der Waals surface area contributed by atoms with E-state index < -0.39 is 0 Å². The largest absolute Gasteiger partial charge is 0.497 e. The summed E-state index contributed by atoms with van der Waals surface area (Å²) in [6, 6.07) is 15.9. The molecule has 2 rings (SSSR count). The molecule has 0 unspecified atom stereocenters. The van der Waals surface area contributed by atoms with Crippen LogP contribution < -0.4 is 15.4 Å². The Balaban J connectivity index is 2.27. The van der Waals surface area contributed by atoms with E-state index in [4.69, 9.17) is 4.74 Å². The van der Waals surface area contributed by atoms with Gasteiger partial charge in [0.15, 0.2) is 0 Å². The van der Waals surface area contributed by atoms with Crippen molar-refractivity contribution >= 4 is 17.9 Å². The predicted octanol–water partition coefficient (Wildman–Crippen LogP) is 2.99. The van der Waals surface area contributed by atoms with Crippen LogP contribution in [-0.2, 0) is 4.79 Å². The van der Waals surface area contributed by atoms with Crippen LogP contribution in [0.5, 0.6) is 5.75 Å². The standard InChI is InChI=1S/C20H22N2O3/c1-14(2)21-20(24)18(13-15-9-11-17(25-3)12-10-15)22-19(23)16-7-5-4-6-8-16/h4-14H,1-3H3,(H,21,24)(H,22,23). The van der Waals surface area contributed by atoms with Gasteiger partial charge in [-0.2, -0.15) is 0 Å². The van der Waals surface area contributed by atoms with Crippen LogP contribution in [0.3, 0.4) is 0 Å². The molecule has 0 aliphatic rings. The number of ether oxygens (including phenoxy) is 1. The predicted molar refractivity (Wildman–Crippen MR) is 98.2 cm³/mol. The second-order valence-electron chi connectivity index (χ2n) is 5.78. The first-order chi connectivity index (χ1) is 12.0. The summed E-state index contributed by atoms with van der Waals surface area (Å²) in [5.41, 5.74) is 1.45. The fraction of sp³-hybridized carbons (Fsp3) is 0.200. The lowest BCUT2D eigenvalue weighted by Crippen LogP contribution is -2.38. The molecule has 2 aromatic carbocycles. The number of nitrogens with one attached hydrogen (secondary N) is 2. The van der Waals surface area contributed by atoms with Crippen LogP contribution in [0.2, 0.25) is 0 Å². The van der Waals surface area contributed by atoms with Crippen molar-refractivity contribution in [1.82, 2.24) is 10.6 Å². The number of carbonyl (C=O) groups excluding carboxylic acids is 2. The number of carbonyl (C=O) groups is 2. The van der Waals surface area contributed by atoms with Crippen LogP contribution in [0.15, 0.2) is 60.3 Å². The minimum Gasteiger partial charge on any atom is -0.497 e. The molecule has 0 aliphatic carbocycles. The number of rotatable bonds is 6. The normalized spacial score (nSPS) is 11.1. The van der Waals surface area contributed by atoms with E-state index in [1.165, 1.54) is 0 Å². The average molecular weight is 338 g/mol. The SMILES string of the molecule is COc1ccc(C=C(NC(=O)c2ccccc2)C(=O)NC(C)C)cc1. The zero-order valence-corrected chi connectivity index (χ0v) is 14.6. The zero-order chi connectivity index (χ0) is 18.2. The number of benzene rings is 2. The van der Waals surface area contributed by atoms with Gasteiger partial charge >= 0.3 is 0 Å². The summed E-state index contributed by atoms with van der Waals surface area (Å²) in [6.45, 7) is 3.73. The Bertz CT molecular complexity index is 750. The number of hydrogen-bond donors (Lipinski definition) is 2. The molecule has 0 radical (unpaired) electrons. The molecule has 0 fully saturated rings. The first-order valence-corrected chi connectivity index (χ1v) is 8.02. The van der Waals surface area contributed by atoms with Crippen LogP contribution in [0, 0.1) is 0 Å². The molecule has 0 aromatic heterocycles. The summed E-state index contributed by atoms with van der Waals surface area (Å²) >= 11 is 0. The summed E-state index contributed by atoms with van der Waals surface area (Å²) in [7, 11) is 1.59. The van der Waals surface area contributed by atoms with E-state index in [0.717, 1.165) is 11.3 Å². The Labute approximate surface area is 147 Å².